The van der Waals surface area contributed by atoms with Crippen molar-refractivity contribution in [1.82, 2.24) is 29.8 Å². The summed E-state index contributed by atoms with van der Waals surface area (Å²) in [6.45, 7) is 10.9. The fraction of sp³-hybridized carbons (Fsp3) is 0.520. The summed E-state index contributed by atoms with van der Waals surface area (Å²) in [6.07, 6.45) is 0.213. The molecule has 3 aromatic rings. The Morgan fingerprint density at radius 3 is 2.47 bits per heavy atom. The molecule has 0 saturated heterocycles. The van der Waals surface area contributed by atoms with Crippen LogP contribution in [0.2, 0.25) is 5.02 Å². The highest BCUT2D eigenvalue weighted by atomic mass is 35.5. The van der Waals surface area contributed by atoms with Crippen LogP contribution < -0.4 is 21.1 Å². The molecule has 1 amide bonds. The van der Waals surface area contributed by atoms with Crippen LogP contribution in [0.5, 0.6) is 5.88 Å². The van der Waals surface area contributed by atoms with Gasteiger partial charge in [-0.1, -0.05) is 55.8 Å². The zero-order valence-corrected chi connectivity index (χ0v) is 22.4. The van der Waals surface area contributed by atoms with Crippen LogP contribution in [-0.4, -0.2) is 51.1 Å². The molecule has 0 aliphatic carbocycles. The molecular weight excluding hydrogens is 484 g/mol. The average Bonchev–Trinajstić information content (AvgIpc) is 3.13. The minimum Gasteiger partial charge on any atom is -0.479 e. The second kappa shape index (κ2) is 11.7. The van der Waals surface area contributed by atoms with Gasteiger partial charge in [-0.25, -0.2) is 14.6 Å². The highest BCUT2D eigenvalue weighted by Gasteiger charge is 2.26. The lowest BCUT2D eigenvalue weighted by Gasteiger charge is -2.25. The molecule has 36 heavy (non-hydrogen) atoms. The summed E-state index contributed by atoms with van der Waals surface area (Å²) in [5, 5.41) is 10.6. The van der Waals surface area contributed by atoms with Gasteiger partial charge < -0.3 is 20.1 Å². The molecule has 0 aliphatic heterocycles. The van der Waals surface area contributed by atoms with Crippen molar-refractivity contribution in [2.24, 2.45) is 5.92 Å². The summed E-state index contributed by atoms with van der Waals surface area (Å²) < 4.78 is 13.3. The van der Waals surface area contributed by atoms with Crippen molar-refractivity contribution in [2.45, 2.75) is 59.2 Å². The lowest BCUT2D eigenvalue weighted by atomic mass is 10.0. The van der Waals surface area contributed by atoms with Crippen LogP contribution in [0.1, 0.15) is 58.5 Å². The summed E-state index contributed by atoms with van der Waals surface area (Å²) in [7, 11) is 1.45. The van der Waals surface area contributed by atoms with Gasteiger partial charge in [0, 0.05) is 6.54 Å². The monoisotopic (exact) mass is 518 g/mol. The molecular formula is C25H35ClN6O4. The van der Waals surface area contributed by atoms with E-state index < -0.39 is 11.7 Å². The van der Waals surface area contributed by atoms with E-state index in [1.807, 2.05) is 51.1 Å². The fourth-order valence-electron chi connectivity index (χ4n) is 3.74. The molecule has 0 saturated carbocycles. The Morgan fingerprint density at radius 2 is 1.86 bits per heavy atom. The van der Waals surface area contributed by atoms with Crippen LogP contribution in [0.15, 0.2) is 35.1 Å². The van der Waals surface area contributed by atoms with Crippen molar-refractivity contribution >= 4 is 23.3 Å². The number of alkyl carbamates (subject to hydrolysis) is 1. The number of hydrogen-bond acceptors (Lipinski definition) is 7. The van der Waals surface area contributed by atoms with Gasteiger partial charge >= 0.3 is 11.8 Å². The van der Waals surface area contributed by atoms with Gasteiger partial charge in [0.2, 0.25) is 0 Å². The number of nitrogens with one attached hydrogen (secondary N) is 2. The number of carbonyl (C=O) groups is 1. The van der Waals surface area contributed by atoms with E-state index in [1.165, 1.54) is 11.6 Å². The number of nitrogens with zero attached hydrogens (tertiary/aromatic N) is 4. The summed E-state index contributed by atoms with van der Waals surface area (Å²) in [4.78, 5) is 30.2. The highest BCUT2D eigenvalue weighted by Crippen LogP contribution is 2.28. The van der Waals surface area contributed by atoms with Crippen molar-refractivity contribution in [3.05, 3.63) is 57.2 Å². The van der Waals surface area contributed by atoms with Crippen molar-refractivity contribution in [3.63, 3.8) is 0 Å². The molecule has 1 unspecified atom stereocenters. The van der Waals surface area contributed by atoms with Gasteiger partial charge in [0.1, 0.15) is 16.4 Å². The van der Waals surface area contributed by atoms with E-state index in [4.69, 9.17) is 26.1 Å². The maximum absolute atomic E-state index is 13.5. The molecule has 10 nitrogen and oxygen atoms in total. The van der Waals surface area contributed by atoms with Gasteiger partial charge in [0.25, 0.3) is 5.88 Å². The zero-order chi connectivity index (χ0) is 26.5. The predicted molar refractivity (Wildman–Crippen MR) is 139 cm³/mol. The molecule has 0 radical (unpaired) electrons. The Labute approximate surface area is 216 Å². The van der Waals surface area contributed by atoms with E-state index in [9.17, 15) is 9.59 Å². The number of methoxy groups -OCH3 is 1. The first-order valence-electron chi connectivity index (χ1n) is 12.0. The summed E-state index contributed by atoms with van der Waals surface area (Å²) in [5.74, 6) is 0.798. The van der Waals surface area contributed by atoms with Crippen LogP contribution in [0.4, 0.5) is 4.79 Å². The molecule has 0 fully saturated rings. The quantitative estimate of drug-likeness (QED) is 0.392. The van der Waals surface area contributed by atoms with E-state index in [2.05, 4.69) is 29.6 Å². The van der Waals surface area contributed by atoms with E-state index in [0.29, 0.717) is 31.9 Å². The number of hydrogen-bond donors (Lipinski definition) is 2. The van der Waals surface area contributed by atoms with E-state index in [-0.39, 0.29) is 34.2 Å². The molecule has 1 aromatic carbocycles. The Balaban J connectivity index is 1.87. The number of aromatic nitrogens is 4. The summed E-state index contributed by atoms with van der Waals surface area (Å²) in [5.41, 5.74) is 0.298. The standard InChI is InChI=1S/C25H35ClN6O4/c1-16(2)19(27-13-10-14-28-23(33)36-25(3,4)5)21-29-20-18(26)22(35-6)30-32(20)24(34)31(21)15-17-11-8-7-9-12-17/h7-9,11-12,16,19,27H,10,13-15H2,1-6H3,(H,28,33). The fourth-order valence-corrected chi connectivity index (χ4v) is 3.98. The normalized spacial score (nSPS) is 12.7. The molecule has 196 valence electrons. The van der Waals surface area contributed by atoms with Gasteiger partial charge in [0.05, 0.1) is 19.7 Å². The summed E-state index contributed by atoms with van der Waals surface area (Å²) >= 11 is 6.43. The van der Waals surface area contributed by atoms with Crippen molar-refractivity contribution in [1.29, 1.82) is 0 Å². The van der Waals surface area contributed by atoms with Crippen LogP contribution in [-0.2, 0) is 11.3 Å². The van der Waals surface area contributed by atoms with Gasteiger partial charge in [-0.3, -0.25) is 4.57 Å². The van der Waals surface area contributed by atoms with E-state index in [1.54, 1.807) is 4.57 Å². The van der Waals surface area contributed by atoms with Crippen LogP contribution in [0.25, 0.3) is 5.65 Å². The number of ether oxygens (including phenoxy) is 2. The number of halogens is 1. The Hall–Kier alpha value is -3.11. The van der Waals surface area contributed by atoms with Crippen molar-refractivity contribution in [3.8, 4) is 5.88 Å². The topological polar surface area (TPSA) is 112 Å². The van der Waals surface area contributed by atoms with Crippen LogP contribution >= 0.6 is 11.6 Å². The zero-order valence-electron chi connectivity index (χ0n) is 21.7. The third kappa shape index (κ3) is 6.76. The molecule has 1 atom stereocenters. The minimum atomic E-state index is -0.546. The highest BCUT2D eigenvalue weighted by molar-refractivity contribution is 6.34. The van der Waals surface area contributed by atoms with Gasteiger partial charge in [-0.15, -0.1) is 5.10 Å². The van der Waals surface area contributed by atoms with Crippen molar-refractivity contribution in [2.75, 3.05) is 20.2 Å². The molecule has 0 spiro atoms. The number of rotatable bonds is 10. The first-order chi connectivity index (χ1) is 17.0. The number of benzene rings is 1. The van der Waals surface area contributed by atoms with E-state index in [0.717, 1.165) is 5.56 Å². The molecule has 3 rings (SSSR count). The smallest absolute Gasteiger partial charge is 0.407 e. The van der Waals surface area contributed by atoms with Crippen LogP contribution in [0.3, 0.4) is 0 Å². The second-order valence-electron chi connectivity index (χ2n) is 9.84. The molecule has 0 aliphatic rings. The third-order valence-electron chi connectivity index (χ3n) is 5.39. The number of carbonyl (C=O) groups excluding carboxylic acids is 1. The lowest BCUT2D eigenvalue weighted by molar-refractivity contribution is 0.0527. The number of amides is 1. The summed E-state index contributed by atoms with van der Waals surface area (Å²) in [6, 6.07) is 9.43. The molecule has 2 heterocycles. The Kier molecular flexibility index (Phi) is 8.97. The molecule has 2 aromatic heterocycles. The van der Waals surface area contributed by atoms with E-state index >= 15 is 0 Å². The van der Waals surface area contributed by atoms with Gasteiger partial charge in [0.15, 0.2) is 5.65 Å². The maximum atomic E-state index is 13.5. The first kappa shape index (κ1) is 27.5. The third-order valence-corrected chi connectivity index (χ3v) is 5.72. The first-order valence-corrected chi connectivity index (χ1v) is 12.4. The molecule has 0 bridgehead atoms. The van der Waals surface area contributed by atoms with Crippen LogP contribution in [0, 0.1) is 5.92 Å². The second-order valence-corrected chi connectivity index (χ2v) is 10.2. The number of fused-ring (bicyclic) bond motifs is 1. The molecule has 11 heteroatoms. The Bertz CT molecular complexity index is 1230. The average molecular weight is 519 g/mol. The SMILES string of the molecule is COc1nn2c(=O)n(Cc3ccccc3)c(C(NCCCNC(=O)OC(C)(C)C)C(C)C)nc2c1Cl. The lowest BCUT2D eigenvalue weighted by Crippen LogP contribution is -2.39. The minimum absolute atomic E-state index is 0.101. The predicted octanol–water partition coefficient (Wildman–Crippen LogP) is 3.80. The largest absolute Gasteiger partial charge is 0.479 e. The molecule has 2 N–H and O–H groups in total. The van der Waals surface area contributed by atoms with Gasteiger partial charge in [-0.2, -0.15) is 4.52 Å². The Morgan fingerprint density at radius 1 is 1.17 bits per heavy atom. The van der Waals surface area contributed by atoms with Gasteiger partial charge in [-0.05, 0) is 45.2 Å². The van der Waals surface area contributed by atoms with Crippen molar-refractivity contribution < 1.29 is 14.3 Å². The maximum Gasteiger partial charge on any atom is 0.407 e.